The number of hydrogen-bond acceptors (Lipinski definition) is 7. The van der Waals surface area contributed by atoms with Crippen molar-refractivity contribution >= 4 is 34.6 Å². The summed E-state index contributed by atoms with van der Waals surface area (Å²) in [7, 11) is 0. The number of nitrogens with zero attached hydrogens (tertiary/aromatic N) is 4. The number of nitrogens with one attached hydrogen (secondary N) is 2. The van der Waals surface area contributed by atoms with Crippen molar-refractivity contribution in [1.29, 1.82) is 0 Å². The number of rotatable bonds is 6. The van der Waals surface area contributed by atoms with Crippen LogP contribution in [0.15, 0.2) is 49.1 Å². The predicted octanol–water partition coefficient (Wildman–Crippen LogP) is 4.10. The van der Waals surface area contributed by atoms with Crippen LogP contribution < -0.4 is 10.6 Å². The van der Waals surface area contributed by atoms with E-state index in [-0.39, 0.29) is 17.3 Å². The monoisotopic (exact) mass is 370 g/mol. The van der Waals surface area contributed by atoms with Crippen LogP contribution in [0.2, 0.25) is 5.02 Å². The Morgan fingerprint density at radius 2 is 2.04 bits per heavy atom. The SMILES string of the molecule is Cc1ccc(Nc2ncnc(NCc3cccnc3)c2[N+](=O)[O-])cc1Cl. The molecular weight excluding hydrogens is 356 g/mol. The van der Waals surface area contributed by atoms with Crippen LogP contribution in [-0.2, 0) is 6.54 Å². The van der Waals surface area contributed by atoms with E-state index in [0.29, 0.717) is 17.3 Å². The molecule has 0 radical (unpaired) electrons. The molecule has 0 unspecified atom stereocenters. The Hall–Kier alpha value is -3.26. The molecule has 0 amide bonds. The molecule has 132 valence electrons. The van der Waals surface area contributed by atoms with E-state index in [9.17, 15) is 10.1 Å². The second-order valence-electron chi connectivity index (χ2n) is 5.48. The van der Waals surface area contributed by atoms with E-state index < -0.39 is 4.92 Å². The van der Waals surface area contributed by atoms with E-state index in [1.165, 1.54) is 6.33 Å². The van der Waals surface area contributed by atoms with Crippen molar-refractivity contribution < 1.29 is 4.92 Å². The number of aryl methyl sites for hydroxylation is 1. The first-order chi connectivity index (χ1) is 12.5. The van der Waals surface area contributed by atoms with Crippen LogP contribution in [0.4, 0.5) is 23.0 Å². The number of benzene rings is 1. The molecule has 0 aliphatic heterocycles. The van der Waals surface area contributed by atoms with Crippen molar-refractivity contribution in [3.8, 4) is 0 Å². The first-order valence-corrected chi connectivity index (χ1v) is 8.07. The molecule has 2 N–H and O–H groups in total. The predicted molar refractivity (Wildman–Crippen MR) is 99.7 cm³/mol. The van der Waals surface area contributed by atoms with Gasteiger partial charge < -0.3 is 10.6 Å². The van der Waals surface area contributed by atoms with Crippen LogP contribution in [0.5, 0.6) is 0 Å². The molecule has 0 bridgehead atoms. The van der Waals surface area contributed by atoms with Crippen LogP contribution in [0.25, 0.3) is 0 Å². The number of pyridine rings is 1. The third-order valence-electron chi connectivity index (χ3n) is 3.62. The molecule has 0 aliphatic carbocycles. The van der Waals surface area contributed by atoms with Gasteiger partial charge in [0.15, 0.2) is 0 Å². The number of hydrogen-bond donors (Lipinski definition) is 2. The van der Waals surface area contributed by atoms with E-state index in [1.54, 1.807) is 30.6 Å². The topological polar surface area (TPSA) is 106 Å². The molecule has 2 heterocycles. The highest BCUT2D eigenvalue weighted by Gasteiger charge is 2.23. The number of nitro groups is 1. The van der Waals surface area contributed by atoms with Crippen molar-refractivity contribution in [2.75, 3.05) is 10.6 Å². The average Bonchev–Trinajstić information content (AvgIpc) is 2.64. The highest BCUT2D eigenvalue weighted by atomic mass is 35.5. The fraction of sp³-hybridized carbons (Fsp3) is 0.118. The minimum atomic E-state index is -0.524. The van der Waals surface area contributed by atoms with Gasteiger partial charge in [0, 0.05) is 29.6 Å². The van der Waals surface area contributed by atoms with Crippen molar-refractivity contribution in [2.24, 2.45) is 0 Å². The molecule has 1 aromatic carbocycles. The molecule has 3 aromatic rings. The summed E-state index contributed by atoms with van der Waals surface area (Å²) in [5.41, 5.74) is 2.14. The number of aromatic nitrogens is 3. The summed E-state index contributed by atoms with van der Waals surface area (Å²) in [6.45, 7) is 2.22. The van der Waals surface area contributed by atoms with Gasteiger partial charge in [-0.25, -0.2) is 9.97 Å². The maximum atomic E-state index is 11.6. The molecule has 26 heavy (non-hydrogen) atoms. The Morgan fingerprint density at radius 3 is 2.73 bits per heavy atom. The fourth-order valence-corrected chi connectivity index (χ4v) is 2.45. The summed E-state index contributed by atoms with van der Waals surface area (Å²) in [6.07, 6.45) is 4.59. The van der Waals surface area contributed by atoms with Gasteiger partial charge in [0.25, 0.3) is 0 Å². The molecule has 8 nitrogen and oxygen atoms in total. The molecule has 0 saturated heterocycles. The summed E-state index contributed by atoms with van der Waals surface area (Å²) in [5, 5.41) is 18.0. The van der Waals surface area contributed by atoms with Gasteiger partial charge >= 0.3 is 5.69 Å². The lowest BCUT2D eigenvalue weighted by atomic mass is 10.2. The second kappa shape index (κ2) is 7.75. The molecule has 0 fully saturated rings. The quantitative estimate of drug-likeness (QED) is 0.497. The molecular formula is C17H15ClN6O2. The average molecular weight is 371 g/mol. The number of halogens is 1. The second-order valence-corrected chi connectivity index (χ2v) is 5.89. The van der Waals surface area contributed by atoms with Crippen LogP contribution in [0, 0.1) is 17.0 Å². The van der Waals surface area contributed by atoms with Gasteiger partial charge in [-0.15, -0.1) is 0 Å². The first-order valence-electron chi connectivity index (χ1n) is 7.70. The summed E-state index contributed by atoms with van der Waals surface area (Å²) < 4.78 is 0. The fourth-order valence-electron chi connectivity index (χ4n) is 2.27. The van der Waals surface area contributed by atoms with Crippen molar-refractivity contribution in [3.05, 3.63) is 75.3 Å². The standard InChI is InChI=1S/C17H15ClN6O2/c1-11-4-5-13(7-14(11)18)23-17-15(24(25)26)16(21-10-22-17)20-9-12-3-2-6-19-8-12/h2-8,10H,9H2,1H3,(H2,20,21,22,23). The van der Waals surface area contributed by atoms with Gasteiger partial charge in [0.1, 0.15) is 6.33 Å². The normalized spacial score (nSPS) is 10.4. The van der Waals surface area contributed by atoms with Crippen molar-refractivity contribution in [1.82, 2.24) is 15.0 Å². The zero-order valence-corrected chi connectivity index (χ0v) is 14.6. The highest BCUT2D eigenvalue weighted by molar-refractivity contribution is 6.31. The van der Waals surface area contributed by atoms with Gasteiger partial charge in [-0.3, -0.25) is 15.1 Å². The van der Waals surface area contributed by atoms with Gasteiger partial charge in [-0.2, -0.15) is 0 Å². The molecule has 0 spiro atoms. The number of anilines is 3. The smallest absolute Gasteiger partial charge is 0.353 e. The summed E-state index contributed by atoms with van der Waals surface area (Å²) in [6, 6.07) is 8.93. The minimum absolute atomic E-state index is 0.0820. The molecule has 9 heteroatoms. The van der Waals surface area contributed by atoms with Crippen LogP contribution >= 0.6 is 11.6 Å². The first kappa shape index (κ1) is 17.6. The summed E-state index contributed by atoms with van der Waals surface area (Å²) >= 11 is 6.11. The lowest BCUT2D eigenvalue weighted by molar-refractivity contribution is -0.383. The van der Waals surface area contributed by atoms with Crippen LogP contribution in [0.3, 0.4) is 0 Å². The minimum Gasteiger partial charge on any atom is -0.360 e. The van der Waals surface area contributed by atoms with E-state index in [4.69, 9.17) is 11.6 Å². The van der Waals surface area contributed by atoms with Crippen LogP contribution in [0.1, 0.15) is 11.1 Å². The zero-order valence-electron chi connectivity index (χ0n) is 13.8. The lowest BCUT2D eigenvalue weighted by Gasteiger charge is -2.10. The molecule has 2 aromatic heterocycles. The molecule has 3 rings (SSSR count). The Balaban J connectivity index is 1.88. The third-order valence-corrected chi connectivity index (χ3v) is 4.03. The van der Waals surface area contributed by atoms with E-state index in [0.717, 1.165) is 11.1 Å². The zero-order chi connectivity index (χ0) is 18.5. The molecule has 0 saturated carbocycles. The Bertz CT molecular complexity index is 936. The maximum Gasteiger partial charge on any atom is 0.353 e. The largest absolute Gasteiger partial charge is 0.360 e. The van der Waals surface area contributed by atoms with Gasteiger partial charge in [-0.05, 0) is 36.2 Å². The third kappa shape index (κ3) is 4.04. The Morgan fingerprint density at radius 1 is 1.23 bits per heavy atom. The van der Waals surface area contributed by atoms with Crippen molar-refractivity contribution in [3.63, 3.8) is 0 Å². The highest BCUT2D eigenvalue weighted by Crippen LogP contribution is 2.32. The van der Waals surface area contributed by atoms with Crippen LogP contribution in [-0.4, -0.2) is 19.9 Å². The van der Waals surface area contributed by atoms with Gasteiger partial charge in [-0.1, -0.05) is 23.7 Å². The molecule has 0 atom stereocenters. The lowest BCUT2D eigenvalue weighted by Crippen LogP contribution is -2.08. The molecule has 0 aliphatic rings. The Labute approximate surface area is 154 Å². The summed E-state index contributed by atoms with van der Waals surface area (Å²) in [5.74, 6) is 0.202. The Kier molecular flexibility index (Phi) is 5.23. The van der Waals surface area contributed by atoms with E-state index >= 15 is 0 Å². The maximum absolute atomic E-state index is 11.6. The van der Waals surface area contributed by atoms with E-state index in [2.05, 4.69) is 25.6 Å². The summed E-state index contributed by atoms with van der Waals surface area (Å²) in [4.78, 5) is 23.1. The van der Waals surface area contributed by atoms with Crippen molar-refractivity contribution in [2.45, 2.75) is 13.5 Å². The van der Waals surface area contributed by atoms with Gasteiger partial charge in [0.05, 0.1) is 4.92 Å². The van der Waals surface area contributed by atoms with E-state index in [1.807, 2.05) is 19.1 Å². The van der Waals surface area contributed by atoms with Gasteiger partial charge in [0.2, 0.25) is 11.6 Å².